The number of hydrogen-bond donors (Lipinski definition) is 1. The molecule has 1 unspecified atom stereocenters. The molecule has 2 aromatic rings. The van der Waals surface area contributed by atoms with E-state index >= 15 is 0 Å². The normalized spacial score (nSPS) is 11.3. The van der Waals surface area contributed by atoms with Crippen molar-refractivity contribution in [3.8, 4) is 5.75 Å². The Labute approximate surface area is 149 Å². The predicted molar refractivity (Wildman–Crippen MR) is 91.6 cm³/mol. The Morgan fingerprint density at radius 1 is 1.08 bits per heavy atom. The zero-order valence-electron chi connectivity index (χ0n) is 14.3. The van der Waals surface area contributed by atoms with E-state index in [1.807, 2.05) is 0 Å². The molecule has 0 aliphatic rings. The number of carbonyl (C=O) groups excluding carboxylic acids is 3. The lowest BCUT2D eigenvalue weighted by Gasteiger charge is -2.13. The summed E-state index contributed by atoms with van der Waals surface area (Å²) < 4.78 is 23.5. The monoisotopic (exact) mass is 359 g/mol. The third kappa shape index (κ3) is 4.89. The van der Waals surface area contributed by atoms with Gasteiger partial charge in [0.2, 0.25) is 5.78 Å². The molecule has 6 nitrogen and oxygen atoms in total. The van der Waals surface area contributed by atoms with Crippen LogP contribution < -0.4 is 10.1 Å². The van der Waals surface area contributed by atoms with Crippen molar-refractivity contribution in [1.29, 1.82) is 0 Å². The maximum absolute atomic E-state index is 13.5. The lowest BCUT2D eigenvalue weighted by atomic mass is 10.1. The van der Waals surface area contributed by atoms with Gasteiger partial charge in [0.05, 0.1) is 12.7 Å². The van der Waals surface area contributed by atoms with Crippen LogP contribution in [-0.4, -0.2) is 37.4 Å². The van der Waals surface area contributed by atoms with Gasteiger partial charge < -0.3 is 14.8 Å². The van der Waals surface area contributed by atoms with Crippen LogP contribution in [0.1, 0.15) is 27.6 Å². The van der Waals surface area contributed by atoms with Gasteiger partial charge in [-0.2, -0.15) is 0 Å². The largest absolute Gasteiger partial charge is 0.497 e. The van der Waals surface area contributed by atoms with Crippen LogP contribution in [0.25, 0.3) is 0 Å². The Hall–Kier alpha value is -3.22. The molecule has 0 fully saturated rings. The van der Waals surface area contributed by atoms with E-state index in [0.717, 1.165) is 6.07 Å². The SMILES string of the molecule is COc1ccc(C(=O)C(C)OC(=O)CNC(=O)c2ccccc2F)cc1. The second kappa shape index (κ2) is 8.75. The highest BCUT2D eigenvalue weighted by Crippen LogP contribution is 2.14. The summed E-state index contributed by atoms with van der Waals surface area (Å²) in [4.78, 5) is 35.9. The summed E-state index contributed by atoms with van der Waals surface area (Å²) >= 11 is 0. The maximum atomic E-state index is 13.5. The van der Waals surface area contributed by atoms with E-state index < -0.39 is 30.3 Å². The zero-order valence-corrected chi connectivity index (χ0v) is 14.3. The number of nitrogens with one attached hydrogen (secondary N) is 1. The molecule has 1 amide bonds. The summed E-state index contributed by atoms with van der Waals surface area (Å²) in [5.41, 5.74) is 0.184. The number of rotatable bonds is 7. The van der Waals surface area contributed by atoms with E-state index in [1.54, 1.807) is 24.3 Å². The molecule has 7 heteroatoms. The van der Waals surface area contributed by atoms with Crippen LogP contribution in [0.15, 0.2) is 48.5 Å². The number of ether oxygens (including phenoxy) is 2. The van der Waals surface area contributed by atoms with Crippen LogP contribution in [-0.2, 0) is 9.53 Å². The smallest absolute Gasteiger partial charge is 0.326 e. The van der Waals surface area contributed by atoms with Crippen molar-refractivity contribution in [3.63, 3.8) is 0 Å². The summed E-state index contributed by atoms with van der Waals surface area (Å²) in [6.07, 6.45) is -1.03. The molecule has 1 N–H and O–H groups in total. The van der Waals surface area contributed by atoms with Crippen molar-refractivity contribution in [3.05, 3.63) is 65.5 Å². The molecule has 0 spiro atoms. The van der Waals surface area contributed by atoms with Gasteiger partial charge in [-0.1, -0.05) is 12.1 Å². The van der Waals surface area contributed by atoms with Crippen LogP contribution in [0, 0.1) is 5.82 Å². The molecule has 0 aliphatic heterocycles. The summed E-state index contributed by atoms with van der Waals surface area (Å²) in [5, 5.41) is 2.26. The molecule has 0 radical (unpaired) electrons. The number of benzene rings is 2. The molecule has 0 bridgehead atoms. The van der Waals surface area contributed by atoms with Crippen molar-refractivity contribution >= 4 is 17.7 Å². The van der Waals surface area contributed by atoms with Gasteiger partial charge in [0, 0.05) is 5.56 Å². The molecule has 0 heterocycles. The number of amides is 1. The molecule has 0 saturated carbocycles. The number of hydrogen-bond acceptors (Lipinski definition) is 5. The van der Waals surface area contributed by atoms with Crippen LogP contribution in [0.4, 0.5) is 4.39 Å². The van der Waals surface area contributed by atoms with Gasteiger partial charge in [0.25, 0.3) is 5.91 Å². The lowest BCUT2D eigenvalue weighted by Crippen LogP contribution is -2.34. The van der Waals surface area contributed by atoms with Crippen molar-refractivity contribution in [2.45, 2.75) is 13.0 Å². The minimum atomic E-state index is -1.03. The Morgan fingerprint density at radius 2 is 1.73 bits per heavy atom. The van der Waals surface area contributed by atoms with Crippen molar-refractivity contribution in [2.75, 3.05) is 13.7 Å². The van der Waals surface area contributed by atoms with E-state index in [0.29, 0.717) is 11.3 Å². The fourth-order valence-electron chi connectivity index (χ4n) is 2.18. The number of Topliss-reactive ketones (excluding diaryl/α,β-unsaturated/α-hetero) is 1. The van der Waals surface area contributed by atoms with E-state index in [9.17, 15) is 18.8 Å². The Balaban J connectivity index is 1.87. The van der Waals surface area contributed by atoms with E-state index in [-0.39, 0.29) is 11.3 Å². The van der Waals surface area contributed by atoms with Gasteiger partial charge in [0.1, 0.15) is 18.1 Å². The molecule has 26 heavy (non-hydrogen) atoms. The Bertz CT molecular complexity index is 804. The number of ketones is 1. The van der Waals surface area contributed by atoms with Gasteiger partial charge >= 0.3 is 5.97 Å². The predicted octanol–water partition coefficient (Wildman–Crippen LogP) is 2.38. The van der Waals surface area contributed by atoms with E-state index in [4.69, 9.17) is 9.47 Å². The number of halogens is 1. The fourth-order valence-corrected chi connectivity index (χ4v) is 2.18. The average molecular weight is 359 g/mol. The van der Waals surface area contributed by atoms with Crippen molar-refractivity contribution in [1.82, 2.24) is 5.32 Å². The molecule has 2 rings (SSSR count). The first kappa shape index (κ1) is 19.1. The minimum Gasteiger partial charge on any atom is -0.497 e. The molecule has 0 saturated heterocycles. The first-order chi connectivity index (χ1) is 12.4. The summed E-state index contributed by atoms with van der Waals surface area (Å²) in [6, 6.07) is 11.8. The lowest BCUT2D eigenvalue weighted by molar-refractivity contribution is -0.145. The Morgan fingerprint density at radius 3 is 2.35 bits per heavy atom. The minimum absolute atomic E-state index is 0.178. The molecule has 2 aromatic carbocycles. The van der Waals surface area contributed by atoms with Crippen LogP contribution >= 0.6 is 0 Å². The highest BCUT2D eigenvalue weighted by atomic mass is 19.1. The average Bonchev–Trinajstić information content (AvgIpc) is 2.66. The number of esters is 1. The molecule has 0 aromatic heterocycles. The zero-order chi connectivity index (χ0) is 19.1. The standard InChI is InChI=1S/C19H18FNO5/c1-12(18(23)13-7-9-14(25-2)10-8-13)26-17(22)11-21-19(24)15-5-3-4-6-16(15)20/h3-10,12H,11H2,1-2H3,(H,21,24). The van der Waals surface area contributed by atoms with Gasteiger partial charge in [0.15, 0.2) is 6.10 Å². The van der Waals surface area contributed by atoms with Gasteiger partial charge in [-0.3, -0.25) is 14.4 Å². The fraction of sp³-hybridized carbons (Fsp3) is 0.211. The van der Waals surface area contributed by atoms with Crippen molar-refractivity contribution < 1.29 is 28.2 Å². The molecule has 136 valence electrons. The number of methoxy groups -OCH3 is 1. The summed E-state index contributed by atoms with van der Waals surface area (Å²) in [7, 11) is 1.51. The highest BCUT2D eigenvalue weighted by Gasteiger charge is 2.20. The van der Waals surface area contributed by atoms with E-state index in [2.05, 4.69) is 5.32 Å². The maximum Gasteiger partial charge on any atom is 0.326 e. The molecule has 1 atom stereocenters. The third-order valence-corrected chi connectivity index (χ3v) is 3.56. The van der Waals surface area contributed by atoms with E-state index in [1.165, 1.54) is 32.2 Å². The first-order valence-corrected chi connectivity index (χ1v) is 7.83. The topological polar surface area (TPSA) is 81.7 Å². The second-order valence-corrected chi connectivity index (χ2v) is 5.39. The van der Waals surface area contributed by atoms with Gasteiger partial charge in [-0.15, -0.1) is 0 Å². The quantitative estimate of drug-likeness (QED) is 0.606. The number of carbonyl (C=O) groups is 3. The second-order valence-electron chi connectivity index (χ2n) is 5.39. The van der Waals surface area contributed by atoms with Crippen LogP contribution in [0.5, 0.6) is 5.75 Å². The summed E-state index contributed by atoms with van der Waals surface area (Å²) in [6.45, 7) is 0.955. The van der Waals surface area contributed by atoms with Gasteiger partial charge in [-0.25, -0.2) is 4.39 Å². The molecule has 0 aliphatic carbocycles. The third-order valence-electron chi connectivity index (χ3n) is 3.56. The molecular formula is C19H18FNO5. The van der Waals surface area contributed by atoms with Crippen LogP contribution in [0.3, 0.4) is 0 Å². The summed E-state index contributed by atoms with van der Waals surface area (Å²) in [5.74, 6) is -2.02. The van der Waals surface area contributed by atoms with Crippen molar-refractivity contribution in [2.24, 2.45) is 0 Å². The van der Waals surface area contributed by atoms with Gasteiger partial charge in [-0.05, 0) is 43.3 Å². The first-order valence-electron chi connectivity index (χ1n) is 7.83. The molecular weight excluding hydrogens is 341 g/mol. The van der Waals surface area contributed by atoms with Crippen LogP contribution in [0.2, 0.25) is 0 Å². The Kier molecular flexibility index (Phi) is 6.43. The highest BCUT2D eigenvalue weighted by molar-refractivity contribution is 6.00.